The van der Waals surface area contributed by atoms with E-state index in [2.05, 4.69) is 15.5 Å². The van der Waals surface area contributed by atoms with Crippen molar-refractivity contribution in [2.45, 2.75) is 6.42 Å². The van der Waals surface area contributed by atoms with E-state index in [0.29, 0.717) is 22.8 Å². The van der Waals surface area contributed by atoms with Crippen LogP contribution in [0.5, 0.6) is 17.2 Å². The van der Waals surface area contributed by atoms with Gasteiger partial charge in [-0.1, -0.05) is 18.2 Å². The van der Waals surface area contributed by atoms with Gasteiger partial charge in [0.15, 0.2) is 11.5 Å². The number of aromatic nitrogens is 1. The molecule has 1 amide bonds. The van der Waals surface area contributed by atoms with Gasteiger partial charge in [-0.3, -0.25) is 4.79 Å². The van der Waals surface area contributed by atoms with E-state index in [-0.39, 0.29) is 12.3 Å². The van der Waals surface area contributed by atoms with Crippen LogP contribution >= 0.6 is 0 Å². The summed E-state index contributed by atoms with van der Waals surface area (Å²) in [6.45, 7) is 0. The summed E-state index contributed by atoms with van der Waals surface area (Å²) >= 11 is 0. The van der Waals surface area contributed by atoms with Gasteiger partial charge in [-0.25, -0.2) is 5.43 Å². The van der Waals surface area contributed by atoms with E-state index in [0.717, 1.165) is 16.5 Å². The van der Waals surface area contributed by atoms with Gasteiger partial charge in [0, 0.05) is 22.7 Å². The van der Waals surface area contributed by atoms with Gasteiger partial charge < -0.3 is 19.2 Å². The number of carbonyl (C=O) groups is 1. The summed E-state index contributed by atoms with van der Waals surface area (Å²) in [6, 6.07) is 11.4. The number of para-hydroxylation sites is 1. The van der Waals surface area contributed by atoms with Crippen molar-refractivity contribution in [2.24, 2.45) is 5.10 Å². The van der Waals surface area contributed by atoms with Crippen molar-refractivity contribution in [1.29, 1.82) is 0 Å². The van der Waals surface area contributed by atoms with Crippen LogP contribution in [0.4, 0.5) is 0 Å². The smallest absolute Gasteiger partial charge is 0.244 e. The number of rotatable bonds is 7. The molecule has 3 rings (SSSR count). The summed E-state index contributed by atoms with van der Waals surface area (Å²) in [5.74, 6) is 1.28. The first-order valence-electron chi connectivity index (χ1n) is 8.33. The van der Waals surface area contributed by atoms with Crippen LogP contribution in [0.3, 0.4) is 0 Å². The van der Waals surface area contributed by atoms with Crippen molar-refractivity contribution < 1.29 is 19.0 Å². The third kappa shape index (κ3) is 3.87. The SMILES string of the molecule is COc1ccc(/C=N/NC(=O)Cc2c[nH]c3ccccc23)c(OC)c1OC. The van der Waals surface area contributed by atoms with Gasteiger partial charge in [0.25, 0.3) is 0 Å². The van der Waals surface area contributed by atoms with Crippen LogP contribution in [0.2, 0.25) is 0 Å². The van der Waals surface area contributed by atoms with Crippen LogP contribution in [-0.4, -0.2) is 38.4 Å². The Balaban J connectivity index is 1.71. The van der Waals surface area contributed by atoms with Gasteiger partial charge >= 0.3 is 0 Å². The fraction of sp³-hybridized carbons (Fsp3) is 0.200. The number of amides is 1. The minimum atomic E-state index is -0.213. The number of hydrogen-bond acceptors (Lipinski definition) is 5. The predicted molar refractivity (Wildman–Crippen MR) is 104 cm³/mol. The van der Waals surface area contributed by atoms with Crippen LogP contribution in [0.25, 0.3) is 10.9 Å². The molecule has 27 heavy (non-hydrogen) atoms. The highest BCUT2D eigenvalue weighted by Crippen LogP contribution is 2.38. The molecule has 140 valence electrons. The Hall–Kier alpha value is -3.48. The monoisotopic (exact) mass is 367 g/mol. The number of hydrogen-bond donors (Lipinski definition) is 2. The molecule has 0 saturated carbocycles. The molecule has 2 aromatic carbocycles. The summed E-state index contributed by atoms with van der Waals surface area (Å²) in [6.07, 6.45) is 3.57. The Bertz CT molecular complexity index is 979. The van der Waals surface area contributed by atoms with Crippen LogP contribution in [0.15, 0.2) is 47.7 Å². The molecule has 1 aromatic heterocycles. The normalized spacial score (nSPS) is 10.9. The van der Waals surface area contributed by atoms with Crippen molar-refractivity contribution in [3.05, 3.63) is 53.7 Å². The number of hydrazone groups is 1. The van der Waals surface area contributed by atoms with E-state index < -0.39 is 0 Å². The van der Waals surface area contributed by atoms with Gasteiger partial charge in [-0.05, 0) is 23.8 Å². The number of fused-ring (bicyclic) bond motifs is 1. The molecule has 0 spiro atoms. The maximum absolute atomic E-state index is 12.2. The van der Waals surface area contributed by atoms with Gasteiger partial charge in [-0.15, -0.1) is 0 Å². The zero-order chi connectivity index (χ0) is 19.2. The summed E-state index contributed by atoms with van der Waals surface area (Å²) in [5.41, 5.74) is 5.11. The van der Waals surface area contributed by atoms with Gasteiger partial charge in [0.2, 0.25) is 11.7 Å². The number of nitrogens with zero attached hydrogens (tertiary/aromatic N) is 1. The van der Waals surface area contributed by atoms with Crippen molar-refractivity contribution >= 4 is 23.0 Å². The average Bonchev–Trinajstić information content (AvgIpc) is 3.10. The lowest BCUT2D eigenvalue weighted by molar-refractivity contribution is -0.120. The van der Waals surface area contributed by atoms with E-state index in [1.165, 1.54) is 20.4 Å². The first kappa shape index (κ1) is 18.3. The fourth-order valence-corrected chi connectivity index (χ4v) is 2.89. The zero-order valence-electron chi connectivity index (χ0n) is 15.4. The molecule has 0 unspecified atom stereocenters. The van der Waals surface area contributed by atoms with Gasteiger partial charge in [0.1, 0.15) is 0 Å². The summed E-state index contributed by atoms with van der Waals surface area (Å²) in [7, 11) is 4.62. The second-order valence-electron chi connectivity index (χ2n) is 5.75. The third-order valence-corrected chi connectivity index (χ3v) is 4.15. The molecule has 7 heteroatoms. The minimum Gasteiger partial charge on any atom is -0.493 e. The van der Waals surface area contributed by atoms with E-state index in [4.69, 9.17) is 14.2 Å². The standard InChI is InChI=1S/C20H21N3O4/c1-25-17-9-8-13(19(26-2)20(17)27-3)12-22-23-18(24)10-14-11-21-16-7-5-4-6-15(14)16/h4-9,11-12,21H,10H2,1-3H3,(H,23,24)/b22-12+. The Morgan fingerprint density at radius 2 is 1.85 bits per heavy atom. The molecule has 1 heterocycles. The van der Waals surface area contributed by atoms with Crippen LogP contribution in [-0.2, 0) is 11.2 Å². The molecule has 3 aromatic rings. The van der Waals surface area contributed by atoms with Crippen LogP contribution in [0, 0.1) is 0 Å². The molecular weight excluding hydrogens is 346 g/mol. The molecule has 0 atom stereocenters. The Morgan fingerprint density at radius 1 is 1.07 bits per heavy atom. The maximum atomic E-state index is 12.2. The highest BCUT2D eigenvalue weighted by atomic mass is 16.5. The lowest BCUT2D eigenvalue weighted by Gasteiger charge is -2.13. The van der Waals surface area contributed by atoms with E-state index in [1.54, 1.807) is 19.2 Å². The van der Waals surface area contributed by atoms with Crippen LogP contribution < -0.4 is 19.6 Å². The highest BCUT2D eigenvalue weighted by Gasteiger charge is 2.14. The maximum Gasteiger partial charge on any atom is 0.244 e. The quantitative estimate of drug-likeness (QED) is 0.497. The molecule has 0 aliphatic heterocycles. The fourth-order valence-electron chi connectivity index (χ4n) is 2.89. The number of carbonyl (C=O) groups excluding carboxylic acids is 1. The van der Waals surface area contributed by atoms with Crippen molar-refractivity contribution in [1.82, 2.24) is 10.4 Å². The molecule has 0 aliphatic carbocycles. The highest BCUT2D eigenvalue weighted by molar-refractivity contribution is 5.90. The predicted octanol–water partition coefficient (Wildman–Crippen LogP) is 2.89. The molecule has 0 radical (unpaired) electrons. The Labute approximate surface area is 156 Å². The molecule has 2 N–H and O–H groups in total. The molecule has 0 bridgehead atoms. The number of benzene rings is 2. The largest absolute Gasteiger partial charge is 0.493 e. The number of aromatic amines is 1. The second-order valence-corrected chi connectivity index (χ2v) is 5.75. The lowest BCUT2D eigenvalue weighted by atomic mass is 10.1. The second kappa shape index (κ2) is 8.27. The first-order chi connectivity index (χ1) is 13.2. The third-order valence-electron chi connectivity index (χ3n) is 4.15. The molecule has 0 aliphatic rings. The number of H-pyrrole nitrogens is 1. The molecule has 0 fully saturated rings. The van der Waals surface area contributed by atoms with Gasteiger partial charge in [0.05, 0.1) is 34.0 Å². The van der Waals surface area contributed by atoms with E-state index in [1.807, 2.05) is 30.5 Å². The molecular formula is C20H21N3O4. The Morgan fingerprint density at radius 3 is 2.59 bits per heavy atom. The summed E-state index contributed by atoms with van der Waals surface area (Å²) < 4.78 is 16.0. The van der Waals surface area contributed by atoms with Gasteiger partial charge in [-0.2, -0.15) is 5.10 Å². The minimum absolute atomic E-state index is 0.213. The van der Waals surface area contributed by atoms with Crippen molar-refractivity contribution in [3.63, 3.8) is 0 Å². The lowest BCUT2D eigenvalue weighted by Crippen LogP contribution is -2.19. The number of ether oxygens (including phenoxy) is 3. The molecule has 7 nitrogen and oxygen atoms in total. The Kier molecular flexibility index (Phi) is 5.61. The van der Waals surface area contributed by atoms with E-state index >= 15 is 0 Å². The van der Waals surface area contributed by atoms with E-state index in [9.17, 15) is 4.79 Å². The summed E-state index contributed by atoms with van der Waals surface area (Å²) in [4.78, 5) is 15.4. The molecule has 0 saturated heterocycles. The zero-order valence-corrected chi connectivity index (χ0v) is 15.4. The van der Waals surface area contributed by atoms with Crippen LogP contribution in [0.1, 0.15) is 11.1 Å². The topological polar surface area (TPSA) is 84.9 Å². The number of nitrogens with one attached hydrogen (secondary N) is 2. The van der Waals surface area contributed by atoms with Crippen molar-refractivity contribution in [3.8, 4) is 17.2 Å². The first-order valence-corrected chi connectivity index (χ1v) is 8.33. The van der Waals surface area contributed by atoms with Crippen molar-refractivity contribution in [2.75, 3.05) is 21.3 Å². The number of methoxy groups -OCH3 is 3. The summed E-state index contributed by atoms with van der Waals surface area (Å²) in [5, 5.41) is 5.06. The average molecular weight is 367 g/mol.